The van der Waals surface area contributed by atoms with E-state index in [1.165, 1.54) is 6.92 Å². The van der Waals surface area contributed by atoms with Crippen molar-refractivity contribution in [3.8, 4) is 0 Å². The summed E-state index contributed by atoms with van der Waals surface area (Å²) in [5.74, 6) is -0.523. The first-order valence-corrected chi connectivity index (χ1v) is 4.46. The van der Waals surface area contributed by atoms with E-state index in [4.69, 9.17) is 3.79 Å². The Labute approximate surface area is 66.8 Å². The van der Waals surface area contributed by atoms with Crippen LogP contribution in [0.5, 0.6) is 0 Å². The average Bonchev–Trinajstić information content (AvgIpc) is 1.82. The molecular weight excluding hydrogens is 147 g/mol. The van der Waals surface area contributed by atoms with Crippen molar-refractivity contribution in [3.05, 3.63) is 0 Å². The highest BCUT2D eigenvalue weighted by molar-refractivity contribution is 6.30. The van der Waals surface area contributed by atoms with Crippen LogP contribution < -0.4 is 0 Å². The first-order valence-electron chi connectivity index (χ1n) is 3.17. The normalized spacial score (nSPS) is 8.60. The molecule has 0 aliphatic rings. The lowest BCUT2D eigenvalue weighted by atomic mass is 10.3. The highest BCUT2D eigenvalue weighted by Gasteiger charge is 2.05. The molecule has 3 nitrogen and oxygen atoms in total. The highest BCUT2D eigenvalue weighted by Crippen LogP contribution is 1.87. The van der Waals surface area contributed by atoms with Gasteiger partial charge in [-0.25, -0.2) is 0 Å². The van der Waals surface area contributed by atoms with Gasteiger partial charge >= 0.3 is 15.6 Å². The van der Waals surface area contributed by atoms with Crippen molar-refractivity contribution < 1.29 is 13.4 Å². The Bertz CT molecular complexity index is 133. The van der Waals surface area contributed by atoms with Crippen LogP contribution in [0.15, 0.2) is 0 Å². The lowest BCUT2D eigenvalue weighted by molar-refractivity contribution is -0.137. The van der Waals surface area contributed by atoms with Crippen LogP contribution in [0, 0.1) is 0 Å². The van der Waals surface area contributed by atoms with Gasteiger partial charge in [0.25, 0.3) is 5.97 Å². The first-order chi connectivity index (χ1) is 4.66. The summed E-state index contributed by atoms with van der Waals surface area (Å²) >= 11 is -0.239. The summed E-state index contributed by atoms with van der Waals surface area (Å²) in [5.41, 5.74) is 0. The average molecular weight is 157 g/mol. The maximum Gasteiger partial charge on any atom is 0.525 e. The fourth-order valence-corrected chi connectivity index (χ4v) is 0.857. The summed E-state index contributed by atoms with van der Waals surface area (Å²) in [5, 5.41) is 0.879. The number of ketones is 1. The molecule has 0 unspecified atom stereocenters. The molecule has 0 atom stereocenters. The van der Waals surface area contributed by atoms with Crippen molar-refractivity contribution in [2.45, 2.75) is 25.6 Å². The zero-order chi connectivity index (χ0) is 7.98. The summed E-state index contributed by atoms with van der Waals surface area (Å²) in [6, 6.07) is 0. The van der Waals surface area contributed by atoms with E-state index >= 15 is 0 Å². The summed E-state index contributed by atoms with van der Waals surface area (Å²) in [7, 11) is 0. The SMILES string of the molecule is C[CH2][Al][O]C(=O)CC(C)=O. The van der Waals surface area contributed by atoms with Gasteiger partial charge in [0.1, 0.15) is 12.2 Å². The molecule has 0 aliphatic heterocycles. The lowest BCUT2D eigenvalue weighted by Crippen LogP contribution is -2.10. The van der Waals surface area contributed by atoms with Crippen molar-refractivity contribution >= 4 is 27.3 Å². The zero-order valence-corrected chi connectivity index (χ0v) is 7.37. The molecule has 55 valence electrons. The third kappa shape index (κ3) is 5.80. The molecule has 0 N–H and O–H groups in total. The van der Waals surface area contributed by atoms with Crippen molar-refractivity contribution in [1.29, 1.82) is 0 Å². The van der Waals surface area contributed by atoms with Crippen molar-refractivity contribution in [2.24, 2.45) is 0 Å². The van der Waals surface area contributed by atoms with Crippen molar-refractivity contribution in [1.82, 2.24) is 0 Å². The van der Waals surface area contributed by atoms with E-state index in [1.54, 1.807) is 0 Å². The Morgan fingerprint density at radius 1 is 1.50 bits per heavy atom. The molecule has 0 saturated heterocycles. The largest absolute Gasteiger partial charge is 0.621 e. The van der Waals surface area contributed by atoms with Gasteiger partial charge in [0, 0.05) is 0 Å². The molecule has 0 bridgehead atoms. The Hall–Kier alpha value is -0.328. The fourth-order valence-electron chi connectivity index (χ4n) is 0.421. The number of rotatable bonds is 4. The highest BCUT2D eigenvalue weighted by atomic mass is 27.1. The van der Waals surface area contributed by atoms with Crippen molar-refractivity contribution in [2.75, 3.05) is 0 Å². The van der Waals surface area contributed by atoms with Gasteiger partial charge in [0.15, 0.2) is 0 Å². The van der Waals surface area contributed by atoms with Crippen LogP contribution in [0.1, 0.15) is 20.3 Å². The first kappa shape index (κ1) is 9.67. The molecule has 0 saturated carbocycles. The van der Waals surface area contributed by atoms with Gasteiger partial charge in [-0.15, -0.1) is 0 Å². The molecule has 0 fully saturated rings. The van der Waals surface area contributed by atoms with Crippen LogP contribution in [0.3, 0.4) is 0 Å². The Balaban J connectivity index is 3.35. The summed E-state index contributed by atoms with van der Waals surface area (Å²) in [6.07, 6.45) is -0.0764. The molecular formula is C6H10AlO3. The lowest BCUT2D eigenvalue weighted by Gasteiger charge is -1.99. The third-order valence-electron chi connectivity index (χ3n) is 0.775. The van der Waals surface area contributed by atoms with E-state index in [0.29, 0.717) is 0 Å². The second-order valence-corrected chi connectivity index (χ2v) is 3.33. The van der Waals surface area contributed by atoms with Gasteiger partial charge in [-0.3, -0.25) is 9.59 Å². The predicted octanol–water partition coefficient (Wildman–Crippen LogP) is 0.566. The number of Topliss-reactive ketones (excluding diaryl/α,β-unsaturated/α-hetero) is 1. The molecule has 0 amide bonds. The molecule has 0 spiro atoms. The van der Waals surface area contributed by atoms with E-state index in [-0.39, 0.29) is 33.7 Å². The molecule has 4 heteroatoms. The molecule has 1 radical (unpaired) electrons. The monoisotopic (exact) mass is 157 g/mol. The number of hydrogen-bond acceptors (Lipinski definition) is 3. The van der Waals surface area contributed by atoms with Gasteiger partial charge in [-0.05, 0) is 6.92 Å². The smallest absolute Gasteiger partial charge is 0.525 e. The van der Waals surface area contributed by atoms with Crippen LogP contribution >= 0.6 is 0 Å². The molecule has 0 aromatic heterocycles. The minimum atomic E-state index is -0.385. The van der Waals surface area contributed by atoms with Gasteiger partial charge in [-0.2, -0.15) is 0 Å². The molecule has 10 heavy (non-hydrogen) atoms. The second kappa shape index (κ2) is 5.46. The Morgan fingerprint density at radius 2 is 2.10 bits per heavy atom. The van der Waals surface area contributed by atoms with Crippen LogP contribution in [-0.4, -0.2) is 27.3 Å². The van der Waals surface area contributed by atoms with E-state index < -0.39 is 0 Å². The van der Waals surface area contributed by atoms with E-state index in [2.05, 4.69) is 0 Å². The van der Waals surface area contributed by atoms with Gasteiger partial charge in [-0.1, -0.05) is 12.2 Å². The number of hydrogen-bond donors (Lipinski definition) is 0. The topological polar surface area (TPSA) is 43.4 Å². The molecule has 0 aliphatic carbocycles. The summed E-state index contributed by atoms with van der Waals surface area (Å²) in [6.45, 7) is 3.32. The Kier molecular flexibility index (Phi) is 5.28. The number of carbonyl (C=O) groups is 2. The van der Waals surface area contributed by atoms with Crippen LogP contribution in [-0.2, 0) is 13.4 Å². The third-order valence-corrected chi connectivity index (χ3v) is 1.54. The van der Waals surface area contributed by atoms with Crippen molar-refractivity contribution in [3.63, 3.8) is 0 Å². The predicted molar refractivity (Wildman–Crippen MR) is 37.6 cm³/mol. The summed E-state index contributed by atoms with van der Waals surface area (Å²) < 4.78 is 4.73. The number of carbonyl (C=O) groups excluding carboxylic acids is 2. The standard InChI is InChI=1S/C4H6O3.C2H5.Al/c1-3(5)2-4(6)7;1-2;/h2H2,1H3,(H,6,7);1H2,2H3;/q;;+1/p-1. The molecule has 0 aromatic carbocycles. The molecule has 0 rings (SSSR count). The molecule has 0 heterocycles. The van der Waals surface area contributed by atoms with Gasteiger partial charge in [0.05, 0.1) is 0 Å². The second-order valence-electron chi connectivity index (χ2n) is 1.94. The van der Waals surface area contributed by atoms with Gasteiger partial charge in [0.2, 0.25) is 0 Å². The van der Waals surface area contributed by atoms with Crippen LogP contribution in [0.4, 0.5) is 0 Å². The van der Waals surface area contributed by atoms with E-state index in [1.807, 2.05) is 6.92 Å². The Morgan fingerprint density at radius 3 is 2.50 bits per heavy atom. The maximum atomic E-state index is 10.6. The van der Waals surface area contributed by atoms with Gasteiger partial charge < -0.3 is 3.79 Å². The van der Waals surface area contributed by atoms with E-state index in [0.717, 1.165) is 5.28 Å². The maximum absolute atomic E-state index is 10.6. The summed E-state index contributed by atoms with van der Waals surface area (Å²) in [4.78, 5) is 20.9. The minimum Gasteiger partial charge on any atom is -0.621 e. The minimum absolute atomic E-state index is 0.0764. The quantitative estimate of drug-likeness (QED) is 0.442. The van der Waals surface area contributed by atoms with E-state index in [9.17, 15) is 9.59 Å². The van der Waals surface area contributed by atoms with Crippen LogP contribution in [0.25, 0.3) is 0 Å². The van der Waals surface area contributed by atoms with Crippen LogP contribution in [0.2, 0.25) is 5.28 Å². The zero-order valence-electron chi connectivity index (χ0n) is 6.22. The fraction of sp³-hybridized carbons (Fsp3) is 0.667. The molecule has 0 aromatic rings.